The molecule has 19 heavy (non-hydrogen) atoms. The van der Waals surface area contributed by atoms with E-state index in [0.29, 0.717) is 12.1 Å². The first kappa shape index (κ1) is 15.2. The molecule has 0 bridgehead atoms. The highest BCUT2D eigenvalue weighted by Gasteiger charge is 2.16. The third-order valence-electron chi connectivity index (χ3n) is 3.11. The minimum absolute atomic E-state index is 0.0645. The lowest BCUT2D eigenvalue weighted by Gasteiger charge is -2.15. The van der Waals surface area contributed by atoms with Crippen molar-refractivity contribution >= 4 is 11.8 Å². The predicted molar refractivity (Wildman–Crippen MR) is 74.5 cm³/mol. The summed E-state index contributed by atoms with van der Waals surface area (Å²) in [6.45, 7) is 4.04. The molecule has 2 unspecified atom stereocenters. The number of amides is 2. The van der Waals surface area contributed by atoms with E-state index in [9.17, 15) is 9.59 Å². The molecule has 0 aliphatic carbocycles. The van der Waals surface area contributed by atoms with Crippen LogP contribution in [0.15, 0.2) is 24.3 Å². The second-order valence-corrected chi connectivity index (χ2v) is 4.64. The summed E-state index contributed by atoms with van der Waals surface area (Å²) in [5.74, 6) is -0.406. The van der Waals surface area contributed by atoms with Gasteiger partial charge in [-0.25, -0.2) is 0 Å². The van der Waals surface area contributed by atoms with Gasteiger partial charge in [-0.05, 0) is 24.6 Å². The van der Waals surface area contributed by atoms with Crippen molar-refractivity contribution < 1.29 is 9.59 Å². The van der Waals surface area contributed by atoms with Crippen LogP contribution < -0.4 is 16.4 Å². The highest BCUT2D eigenvalue weighted by molar-refractivity contribution is 5.93. The average Bonchev–Trinajstić information content (AvgIpc) is 2.43. The lowest BCUT2D eigenvalue weighted by atomic mass is 10.0. The molecule has 2 atom stereocenters. The van der Waals surface area contributed by atoms with Gasteiger partial charge in [0.15, 0.2) is 0 Å². The lowest BCUT2D eigenvalue weighted by molar-refractivity contribution is -0.125. The number of carbonyl (C=O) groups is 2. The molecule has 0 heterocycles. The molecule has 1 rings (SSSR count). The highest BCUT2D eigenvalue weighted by Crippen LogP contribution is 2.05. The second-order valence-electron chi connectivity index (χ2n) is 4.64. The van der Waals surface area contributed by atoms with Crippen LogP contribution in [-0.2, 0) is 11.3 Å². The van der Waals surface area contributed by atoms with Crippen LogP contribution in [0.1, 0.15) is 29.8 Å². The molecule has 1 aromatic rings. The van der Waals surface area contributed by atoms with Gasteiger partial charge in [-0.2, -0.15) is 0 Å². The van der Waals surface area contributed by atoms with Crippen molar-refractivity contribution in [3.05, 3.63) is 35.4 Å². The molecule has 5 nitrogen and oxygen atoms in total. The Balaban J connectivity index is 2.55. The van der Waals surface area contributed by atoms with E-state index >= 15 is 0 Å². The zero-order valence-corrected chi connectivity index (χ0v) is 11.6. The maximum atomic E-state index is 11.7. The maximum Gasteiger partial charge on any atom is 0.251 e. The number of benzene rings is 1. The Labute approximate surface area is 113 Å². The van der Waals surface area contributed by atoms with Crippen LogP contribution in [0.3, 0.4) is 0 Å². The number of rotatable bonds is 5. The van der Waals surface area contributed by atoms with Gasteiger partial charge in [0.25, 0.3) is 5.91 Å². The Morgan fingerprint density at radius 3 is 2.26 bits per heavy atom. The van der Waals surface area contributed by atoms with Crippen molar-refractivity contribution in [2.24, 2.45) is 11.7 Å². The molecule has 104 valence electrons. The van der Waals surface area contributed by atoms with Crippen LogP contribution in [0.25, 0.3) is 0 Å². The first-order valence-electron chi connectivity index (χ1n) is 6.30. The Bertz CT molecular complexity index is 441. The number of carbonyl (C=O) groups excluding carboxylic acids is 2. The van der Waals surface area contributed by atoms with Gasteiger partial charge in [-0.15, -0.1) is 0 Å². The van der Waals surface area contributed by atoms with Gasteiger partial charge >= 0.3 is 0 Å². The van der Waals surface area contributed by atoms with Crippen molar-refractivity contribution in [1.82, 2.24) is 10.6 Å². The van der Waals surface area contributed by atoms with Gasteiger partial charge in [0, 0.05) is 31.1 Å². The van der Waals surface area contributed by atoms with Crippen molar-refractivity contribution in [3.8, 4) is 0 Å². The van der Waals surface area contributed by atoms with E-state index in [1.54, 1.807) is 26.1 Å². The minimum atomic E-state index is -0.217. The normalized spacial score (nSPS) is 13.5. The quantitative estimate of drug-likeness (QED) is 0.729. The van der Waals surface area contributed by atoms with E-state index in [4.69, 9.17) is 5.73 Å². The topological polar surface area (TPSA) is 84.2 Å². The Morgan fingerprint density at radius 2 is 1.79 bits per heavy atom. The van der Waals surface area contributed by atoms with Gasteiger partial charge in [0.05, 0.1) is 0 Å². The van der Waals surface area contributed by atoms with E-state index in [0.717, 1.165) is 5.56 Å². The molecular formula is C14H21N3O2. The fraction of sp³-hybridized carbons (Fsp3) is 0.429. The smallest absolute Gasteiger partial charge is 0.251 e. The average molecular weight is 263 g/mol. The Kier molecular flexibility index (Phi) is 5.51. The van der Waals surface area contributed by atoms with Crippen LogP contribution in [0.5, 0.6) is 0 Å². The second kappa shape index (κ2) is 6.89. The van der Waals surface area contributed by atoms with Crippen LogP contribution >= 0.6 is 0 Å². The number of hydrogen-bond acceptors (Lipinski definition) is 3. The summed E-state index contributed by atoms with van der Waals surface area (Å²) in [7, 11) is 1.59. The van der Waals surface area contributed by atoms with Gasteiger partial charge in [-0.1, -0.05) is 19.1 Å². The fourth-order valence-electron chi connectivity index (χ4n) is 1.51. The van der Waals surface area contributed by atoms with E-state index in [-0.39, 0.29) is 23.8 Å². The standard InChI is InChI=1S/C14H21N3O2/c1-9(10(2)15)13(18)17-8-11-4-6-12(7-5-11)14(19)16-3/h4-7,9-10H,8,15H2,1-3H3,(H,16,19)(H,17,18). The maximum absolute atomic E-state index is 11.7. The molecule has 0 aromatic heterocycles. The van der Waals surface area contributed by atoms with Crippen molar-refractivity contribution in [3.63, 3.8) is 0 Å². The molecular weight excluding hydrogens is 242 g/mol. The molecule has 0 aliphatic heterocycles. The first-order valence-corrected chi connectivity index (χ1v) is 6.30. The molecule has 0 spiro atoms. The summed E-state index contributed by atoms with van der Waals surface area (Å²) in [5, 5.41) is 5.38. The van der Waals surface area contributed by atoms with Crippen LogP contribution in [-0.4, -0.2) is 24.9 Å². The fourth-order valence-corrected chi connectivity index (χ4v) is 1.51. The third-order valence-corrected chi connectivity index (χ3v) is 3.11. The van der Waals surface area contributed by atoms with Crippen LogP contribution in [0.2, 0.25) is 0 Å². The predicted octanol–water partition coefficient (Wildman–Crippen LogP) is 0.646. The first-order chi connectivity index (χ1) is 8.95. The largest absolute Gasteiger partial charge is 0.355 e. The van der Waals surface area contributed by atoms with E-state index in [1.807, 2.05) is 19.1 Å². The van der Waals surface area contributed by atoms with E-state index in [2.05, 4.69) is 10.6 Å². The molecule has 0 aliphatic rings. The van der Waals surface area contributed by atoms with Crippen molar-refractivity contribution in [2.75, 3.05) is 7.05 Å². The molecule has 1 aromatic carbocycles. The Morgan fingerprint density at radius 1 is 1.21 bits per heavy atom. The summed E-state index contributed by atoms with van der Waals surface area (Å²) < 4.78 is 0. The Hall–Kier alpha value is -1.88. The SMILES string of the molecule is CNC(=O)c1ccc(CNC(=O)C(C)C(C)N)cc1. The zero-order chi connectivity index (χ0) is 14.4. The van der Waals surface area contributed by atoms with Crippen LogP contribution in [0.4, 0.5) is 0 Å². The number of nitrogens with one attached hydrogen (secondary N) is 2. The van der Waals surface area contributed by atoms with Gasteiger partial charge in [0.2, 0.25) is 5.91 Å². The highest BCUT2D eigenvalue weighted by atomic mass is 16.2. The van der Waals surface area contributed by atoms with E-state index < -0.39 is 0 Å². The number of hydrogen-bond donors (Lipinski definition) is 3. The monoisotopic (exact) mass is 263 g/mol. The molecule has 4 N–H and O–H groups in total. The van der Waals surface area contributed by atoms with Gasteiger partial charge in [0.1, 0.15) is 0 Å². The lowest BCUT2D eigenvalue weighted by Crippen LogP contribution is -2.38. The third kappa shape index (κ3) is 4.37. The summed E-state index contributed by atoms with van der Waals surface area (Å²) in [4.78, 5) is 23.1. The molecule has 2 amide bonds. The van der Waals surface area contributed by atoms with Gasteiger partial charge < -0.3 is 16.4 Å². The zero-order valence-electron chi connectivity index (χ0n) is 11.6. The number of nitrogens with two attached hydrogens (primary N) is 1. The van der Waals surface area contributed by atoms with E-state index in [1.165, 1.54) is 0 Å². The molecule has 0 fully saturated rings. The molecule has 5 heteroatoms. The van der Waals surface area contributed by atoms with Crippen LogP contribution in [0, 0.1) is 5.92 Å². The summed E-state index contributed by atoms with van der Waals surface area (Å²) in [5.41, 5.74) is 7.21. The summed E-state index contributed by atoms with van der Waals surface area (Å²) >= 11 is 0. The summed E-state index contributed by atoms with van der Waals surface area (Å²) in [6, 6.07) is 6.93. The van der Waals surface area contributed by atoms with Crippen molar-refractivity contribution in [1.29, 1.82) is 0 Å². The summed E-state index contributed by atoms with van der Waals surface area (Å²) in [6.07, 6.45) is 0. The molecule has 0 saturated heterocycles. The van der Waals surface area contributed by atoms with Gasteiger partial charge in [-0.3, -0.25) is 9.59 Å². The molecule has 0 saturated carbocycles. The minimum Gasteiger partial charge on any atom is -0.355 e. The van der Waals surface area contributed by atoms with Crippen molar-refractivity contribution in [2.45, 2.75) is 26.4 Å². The molecule has 0 radical (unpaired) electrons.